The van der Waals surface area contributed by atoms with E-state index in [2.05, 4.69) is 276 Å². The lowest BCUT2D eigenvalue weighted by Crippen LogP contribution is -2.30. The Hall–Kier alpha value is -6.44. The van der Waals surface area contributed by atoms with Crippen molar-refractivity contribution in [3.63, 3.8) is 0 Å². The van der Waals surface area contributed by atoms with E-state index in [0.29, 0.717) is 0 Å². The summed E-state index contributed by atoms with van der Waals surface area (Å²) in [6.07, 6.45) is 0. The summed E-state index contributed by atoms with van der Waals surface area (Å²) in [7, 11) is 0. The van der Waals surface area contributed by atoms with Crippen molar-refractivity contribution in [2.75, 3.05) is 4.90 Å². The first-order chi connectivity index (χ1) is 31.2. The molecule has 0 fully saturated rings. The van der Waals surface area contributed by atoms with E-state index >= 15 is 0 Å². The van der Waals surface area contributed by atoms with E-state index < -0.39 is 5.41 Å². The number of rotatable bonds is 7. The summed E-state index contributed by atoms with van der Waals surface area (Å²) in [5.41, 5.74) is 20.7. The van der Waals surface area contributed by atoms with Crippen LogP contribution < -0.4 is 4.90 Å². The lowest BCUT2D eigenvalue weighted by Gasteiger charge is -2.36. The monoisotopic (exact) mass is 862 g/mol. The highest BCUT2D eigenvalue weighted by molar-refractivity contribution is 5.98. The maximum Gasteiger partial charge on any atom is 0.0714 e. The van der Waals surface area contributed by atoms with E-state index in [4.69, 9.17) is 0 Å². The van der Waals surface area contributed by atoms with Crippen LogP contribution >= 0.6 is 0 Å². The molecule has 1 heteroatoms. The summed E-state index contributed by atoms with van der Waals surface area (Å²) in [6.45, 7) is 28.0. The lowest BCUT2D eigenvalue weighted by molar-refractivity contribution is 0.569. The fraction of sp³-hybridized carbons (Fsp3) is 0.262. The molecular formula is C65H67N. The number of benzene rings is 8. The van der Waals surface area contributed by atoms with E-state index in [9.17, 15) is 0 Å². The molecule has 0 N–H and O–H groups in total. The van der Waals surface area contributed by atoms with Gasteiger partial charge < -0.3 is 4.90 Å². The van der Waals surface area contributed by atoms with Gasteiger partial charge in [-0.15, -0.1) is 0 Å². The van der Waals surface area contributed by atoms with Gasteiger partial charge in [-0.1, -0.05) is 241 Å². The fourth-order valence-corrected chi connectivity index (χ4v) is 9.99. The highest BCUT2D eigenvalue weighted by Gasteiger charge is 2.48. The minimum Gasteiger partial charge on any atom is -0.310 e. The van der Waals surface area contributed by atoms with Crippen molar-refractivity contribution in [3.05, 3.63) is 233 Å². The smallest absolute Gasteiger partial charge is 0.0714 e. The second-order valence-electron chi connectivity index (χ2n) is 22.8. The molecule has 0 amide bonds. The minimum atomic E-state index is -0.569. The Morgan fingerprint density at radius 2 is 0.712 bits per heavy atom. The molecule has 0 saturated heterocycles. The van der Waals surface area contributed by atoms with E-state index in [0.717, 1.165) is 11.4 Å². The second kappa shape index (κ2) is 16.5. The van der Waals surface area contributed by atoms with Crippen LogP contribution in [0.3, 0.4) is 0 Å². The third kappa shape index (κ3) is 8.12. The number of hydrogen-bond acceptors (Lipinski definition) is 1. The van der Waals surface area contributed by atoms with Crippen LogP contribution in [-0.4, -0.2) is 0 Å². The highest BCUT2D eigenvalue weighted by Crippen LogP contribution is 2.61. The highest BCUT2D eigenvalue weighted by atomic mass is 15.1. The zero-order chi connectivity index (χ0) is 46.8. The molecule has 0 radical (unpaired) electrons. The molecule has 8 aromatic rings. The van der Waals surface area contributed by atoms with Crippen LogP contribution in [0.15, 0.2) is 188 Å². The topological polar surface area (TPSA) is 3.24 Å². The molecule has 1 aliphatic rings. The second-order valence-corrected chi connectivity index (χ2v) is 22.8. The summed E-state index contributed by atoms with van der Waals surface area (Å²) in [5.74, 6) is 0. The summed E-state index contributed by atoms with van der Waals surface area (Å²) >= 11 is 0. The van der Waals surface area contributed by atoms with Crippen molar-refractivity contribution in [2.45, 2.75) is 110 Å². The number of hydrogen-bond donors (Lipinski definition) is 0. The van der Waals surface area contributed by atoms with Gasteiger partial charge in [0.2, 0.25) is 0 Å². The molecule has 0 atom stereocenters. The first-order valence-electron chi connectivity index (χ1n) is 23.9. The molecule has 9 rings (SSSR count). The van der Waals surface area contributed by atoms with Crippen molar-refractivity contribution in [1.29, 1.82) is 0 Å². The van der Waals surface area contributed by atoms with Crippen LogP contribution in [0, 0.1) is 0 Å². The predicted molar refractivity (Wildman–Crippen MR) is 284 cm³/mol. The average molecular weight is 862 g/mol. The van der Waals surface area contributed by atoms with Gasteiger partial charge in [0.25, 0.3) is 0 Å². The average Bonchev–Trinajstić information content (AvgIpc) is 3.60. The van der Waals surface area contributed by atoms with E-state index in [1.807, 2.05) is 0 Å². The van der Waals surface area contributed by atoms with Crippen molar-refractivity contribution in [2.24, 2.45) is 0 Å². The zero-order valence-corrected chi connectivity index (χ0v) is 41.3. The minimum absolute atomic E-state index is 0.0236. The summed E-state index contributed by atoms with van der Waals surface area (Å²) in [4.78, 5) is 2.53. The standard InChI is InChI=1S/C65H67N/c1-61(2,3)50-32-37-56-57(41-50)65(48-24-18-14-19-25-48,49-26-20-15-21-27-49)58-42-53(64(10,11)12)43-59(60(56)58)66(54-33-28-45(29-34-54)44-22-16-13-17-23-44)55-35-30-46(31-36-55)47-38-51(62(4,5)6)40-52(39-47)63(7,8)9/h13-43H,1-12H3. The molecule has 0 bridgehead atoms. The third-order valence-electron chi connectivity index (χ3n) is 14.0. The van der Waals surface area contributed by atoms with Crippen LogP contribution in [0.25, 0.3) is 33.4 Å². The van der Waals surface area contributed by atoms with Crippen LogP contribution in [0.1, 0.15) is 128 Å². The Balaban J connectivity index is 1.36. The van der Waals surface area contributed by atoms with E-state index in [1.54, 1.807) is 0 Å². The van der Waals surface area contributed by atoms with Gasteiger partial charge in [0.1, 0.15) is 0 Å². The molecule has 0 saturated carbocycles. The summed E-state index contributed by atoms with van der Waals surface area (Å²) in [5, 5.41) is 0. The first kappa shape index (κ1) is 44.7. The molecule has 1 aliphatic carbocycles. The molecular weight excluding hydrogens is 795 g/mol. The molecule has 0 unspecified atom stereocenters. The van der Waals surface area contributed by atoms with Gasteiger partial charge >= 0.3 is 0 Å². The maximum atomic E-state index is 2.55. The zero-order valence-electron chi connectivity index (χ0n) is 41.3. The largest absolute Gasteiger partial charge is 0.310 e. The first-order valence-corrected chi connectivity index (χ1v) is 23.9. The molecule has 66 heavy (non-hydrogen) atoms. The molecule has 1 nitrogen and oxygen atoms in total. The van der Waals surface area contributed by atoms with Gasteiger partial charge in [-0.3, -0.25) is 0 Å². The maximum absolute atomic E-state index is 2.55. The van der Waals surface area contributed by atoms with Gasteiger partial charge in [-0.2, -0.15) is 0 Å². The van der Waals surface area contributed by atoms with Crippen molar-refractivity contribution < 1.29 is 0 Å². The Morgan fingerprint density at radius 3 is 1.17 bits per heavy atom. The molecule has 0 heterocycles. The SMILES string of the molecule is CC(C)(C)c1cc(-c2ccc(N(c3ccc(-c4ccccc4)cc3)c3cc(C(C)(C)C)cc4c3-c3ccc(C(C)(C)C)cc3C4(c3ccccc3)c3ccccc3)cc2)cc(C(C)(C)C)c1. The molecule has 0 spiro atoms. The number of anilines is 3. The lowest BCUT2D eigenvalue weighted by atomic mass is 9.66. The van der Waals surface area contributed by atoms with Crippen molar-refractivity contribution in [3.8, 4) is 33.4 Å². The number of nitrogens with zero attached hydrogens (tertiary/aromatic N) is 1. The molecule has 0 aromatic heterocycles. The van der Waals surface area contributed by atoms with Crippen molar-refractivity contribution in [1.82, 2.24) is 0 Å². The quantitative estimate of drug-likeness (QED) is 0.154. The predicted octanol–water partition coefficient (Wildman–Crippen LogP) is 18.0. The normalized spacial score (nSPS) is 13.6. The summed E-state index contributed by atoms with van der Waals surface area (Å²) in [6, 6.07) is 71.4. The molecule has 8 aromatic carbocycles. The van der Waals surface area contributed by atoms with E-state index in [1.165, 1.54) is 83.6 Å². The van der Waals surface area contributed by atoms with Crippen LogP contribution in [0.4, 0.5) is 17.1 Å². The Labute approximate surface area is 396 Å². The van der Waals surface area contributed by atoms with Gasteiger partial charge in [0.05, 0.1) is 11.1 Å². The molecule has 0 aliphatic heterocycles. The number of fused-ring (bicyclic) bond motifs is 3. The van der Waals surface area contributed by atoms with Crippen LogP contribution in [0.5, 0.6) is 0 Å². The van der Waals surface area contributed by atoms with Gasteiger partial charge in [-0.05, 0) is 124 Å². The van der Waals surface area contributed by atoms with Gasteiger partial charge in [0, 0.05) is 16.9 Å². The van der Waals surface area contributed by atoms with Crippen molar-refractivity contribution >= 4 is 17.1 Å². The van der Waals surface area contributed by atoms with Gasteiger partial charge in [0.15, 0.2) is 0 Å². The Kier molecular flexibility index (Phi) is 11.2. The van der Waals surface area contributed by atoms with Crippen LogP contribution in [0.2, 0.25) is 0 Å². The molecule has 332 valence electrons. The summed E-state index contributed by atoms with van der Waals surface area (Å²) < 4.78 is 0. The Bertz CT molecular complexity index is 2930. The van der Waals surface area contributed by atoms with E-state index in [-0.39, 0.29) is 21.7 Å². The van der Waals surface area contributed by atoms with Crippen LogP contribution in [-0.2, 0) is 27.1 Å². The fourth-order valence-electron chi connectivity index (χ4n) is 9.99. The Morgan fingerprint density at radius 1 is 0.318 bits per heavy atom. The van der Waals surface area contributed by atoms with Gasteiger partial charge in [-0.25, -0.2) is 0 Å². The third-order valence-corrected chi connectivity index (χ3v) is 14.0.